The zero-order valence-electron chi connectivity index (χ0n) is 10.7. The van der Waals surface area contributed by atoms with E-state index in [-0.39, 0.29) is 29.6 Å². The van der Waals surface area contributed by atoms with Gasteiger partial charge in [0.25, 0.3) is 0 Å². The van der Waals surface area contributed by atoms with Crippen LogP contribution in [0.25, 0.3) is 11.3 Å². The Morgan fingerprint density at radius 3 is 2.38 bits per heavy atom. The molecule has 2 heterocycles. The van der Waals surface area contributed by atoms with Gasteiger partial charge < -0.3 is 14.4 Å². The molecule has 1 aliphatic heterocycles. The van der Waals surface area contributed by atoms with Crippen molar-refractivity contribution in [2.75, 3.05) is 13.2 Å². The lowest BCUT2D eigenvalue weighted by Gasteiger charge is -2.25. The number of ether oxygens (including phenoxy) is 1. The third-order valence-corrected chi connectivity index (χ3v) is 5.32. The molecule has 1 N–H and O–H groups in total. The van der Waals surface area contributed by atoms with Crippen molar-refractivity contribution in [2.45, 2.75) is 10.1 Å². The SMILES string of the molecule is O=C(O)c1cc(-c2ccc(S(=O)(=O)C3COC3)cc2)on1. The van der Waals surface area contributed by atoms with E-state index in [4.69, 9.17) is 14.4 Å². The fourth-order valence-corrected chi connectivity index (χ4v) is 3.36. The van der Waals surface area contributed by atoms with E-state index in [2.05, 4.69) is 5.16 Å². The third kappa shape index (κ3) is 2.43. The first-order valence-electron chi connectivity index (χ1n) is 6.10. The molecule has 0 bridgehead atoms. The van der Waals surface area contributed by atoms with Gasteiger partial charge in [-0.3, -0.25) is 0 Å². The number of nitrogens with zero attached hydrogens (tertiary/aromatic N) is 1. The van der Waals surface area contributed by atoms with E-state index in [1.54, 1.807) is 12.1 Å². The smallest absolute Gasteiger partial charge is 0.358 e. The summed E-state index contributed by atoms with van der Waals surface area (Å²) < 4.78 is 34.1. The molecule has 0 aliphatic carbocycles. The van der Waals surface area contributed by atoms with Crippen molar-refractivity contribution in [3.63, 3.8) is 0 Å². The molecule has 110 valence electrons. The molecule has 0 saturated carbocycles. The summed E-state index contributed by atoms with van der Waals surface area (Å²) in [6, 6.07) is 7.32. The van der Waals surface area contributed by atoms with E-state index in [1.165, 1.54) is 18.2 Å². The Hall–Kier alpha value is -2.19. The van der Waals surface area contributed by atoms with Crippen molar-refractivity contribution >= 4 is 15.8 Å². The molecular formula is C13H11NO6S. The first-order valence-corrected chi connectivity index (χ1v) is 7.65. The Labute approximate surface area is 120 Å². The Morgan fingerprint density at radius 1 is 1.24 bits per heavy atom. The van der Waals surface area contributed by atoms with E-state index < -0.39 is 21.1 Å². The number of rotatable bonds is 4. The van der Waals surface area contributed by atoms with Gasteiger partial charge in [0.2, 0.25) is 0 Å². The molecule has 3 rings (SSSR count). The highest BCUT2D eigenvalue weighted by Gasteiger charge is 2.33. The predicted molar refractivity (Wildman–Crippen MR) is 70.7 cm³/mol. The molecule has 7 nitrogen and oxygen atoms in total. The maximum Gasteiger partial charge on any atom is 0.358 e. The van der Waals surface area contributed by atoms with E-state index in [0.29, 0.717) is 5.56 Å². The van der Waals surface area contributed by atoms with E-state index in [9.17, 15) is 13.2 Å². The van der Waals surface area contributed by atoms with Gasteiger partial charge in [-0.15, -0.1) is 0 Å². The minimum Gasteiger partial charge on any atom is -0.476 e. The third-order valence-electron chi connectivity index (χ3n) is 3.24. The van der Waals surface area contributed by atoms with Crippen molar-refractivity contribution in [3.8, 4) is 11.3 Å². The zero-order valence-corrected chi connectivity index (χ0v) is 11.5. The van der Waals surface area contributed by atoms with Gasteiger partial charge in [0.15, 0.2) is 21.3 Å². The largest absolute Gasteiger partial charge is 0.476 e. The number of sulfone groups is 1. The van der Waals surface area contributed by atoms with Gasteiger partial charge in [0.05, 0.1) is 18.1 Å². The van der Waals surface area contributed by atoms with Gasteiger partial charge in [-0.1, -0.05) is 5.16 Å². The Morgan fingerprint density at radius 2 is 1.90 bits per heavy atom. The molecule has 0 unspecified atom stereocenters. The maximum atomic E-state index is 12.2. The summed E-state index contributed by atoms with van der Waals surface area (Å²) >= 11 is 0. The second-order valence-corrected chi connectivity index (χ2v) is 6.84. The highest BCUT2D eigenvalue weighted by molar-refractivity contribution is 7.92. The lowest BCUT2D eigenvalue weighted by atomic mass is 10.1. The van der Waals surface area contributed by atoms with Gasteiger partial charge in [0.1, 0.15) is 5.25 Å². The zero-order chi connectivity index (χ0) is 15.0. The molecule has 0 radical (unpaired) electrons. The average molecular weight is 309 g/mol. The van der Waals surface area contributed by atoms with Gasteiger partial charge in [-0.05, 0) is 24.3 Å². The number of hydrogen-bond acceptors (Lipinski definition) is 6. The van der Waals surface area contributed by atoms with Crippen LogP contribution in [0.2, 0.25) is 0 Å². The van der Waals surface area contributed by atoms with Gasteiger partial charge in [-0.25, -0.2) is 13.2 Å². The molecule has 1 saturated heterocycles. The van der Waals surface area contributed by atoms with Crippen LogP contribution in [0.5, 0.6) is 0 Å². The number of benzene rings is 1. The lowest BCUT2D eigenvalue weighted by molar-refractivity contribution is 0.0416. The van der Waals surface area contributed by atoms with Crippen LogP contribution in [0.4, 0.5) is 0 Å². The van der Waals surface area contributed by atoms with Crippen LogP contribution in [0.1, 0.15) is 10.5 Å². The molecule has 21 heavy (non-hydrogen) atoms. The highest BCUT2D eigenvalue weighted by atomic mass is 32.2. The van der Waals surface area contributed by atoms with E-state index in [1.807, 2.05) is 0 Å². The van der Waals surface area contributed by atoms with Crippen molar-refractivity contribution in [1.29, 1.82) is 0 Å². The van der Waals surface area contributed by atoms with Crippen LogP contribution in [0.15, 0.2) is 39.8 Å². The number of carboxylic acids is 1. The topological polar surface area (TPSA) is 107 Å². The first kappa shape index (κ1) is 13.8. The molecule has 1 aliphatic rings. The Bertz CT molecular complexity index is 773. The second kappa shape index (κ2) is 4.97. The Kier molecular flexibility index (Phi) is 3.26. The fraction of sp³-hybridized carbons (Fsp3) is 0.231. The van der Waals surface area contributed by atoms with Gasteiger partial charge in [0, 0.05) is 11.6 Å². The molecule has 1 aromatic carbocycles. The number of aromatic carboxylic acids is 1. The molecule has 1 fully saturated rings. The molecule has 0 atom stereocenters. The molecule has 0 amide bonds. The molecule has 2 aromatic rings. The van der Waals surface area contributed by atoms with Gasteiger partial charge >= 0.3 is 5.97 Å². The normalized spacial score (nSPS) is 15.6. The number of hydrogen-bond donors (Lipinski definition) is 1. The van der Waals surface area contributed by atoms with E-state index >= 15 is 0 Å². The summed E-state index contributed by atoms with van der Waals surface area (Å²) in [6.45, 7) is 0.433. The number of aromatic nitrogens is 1. The van der Waals surface area contributed by atoms with Crippen molar-refractivity contribution in [3.05, 3.63) is 36.0 Å². The lowest BCUT2D eigenvalue weighted by Crippen LogP contribution is -2.40. The molecule has 0 spiro atoms. The summed E-state index contributed by atoms with van der Waals surface area (Å²) in [4.78, 5) is 10.9. The molecule has 8 heteroatoms. The van der Waals surface area contributed by atoms with Crippen LogP contribution in [-0.2, 0) is 14.6 Å². The quantitative estimate of drug-likeness (QED) is 0.904. The second-order valence-electron chi connectivity index (χ2n) is 4.61. The first-order chi connectivity index (χ1) is 9.98. The standard InChI is InChI=1S/C13H11NO6S/c15-13(16)11-5-12(20-14-11)8-1-3-9(4-2-8)21(17,18)10-6-19-7-10/h1-5,10H,6-7H2,(H,15,16). The summed E-state index contributed by atoms with van der Waals surface area (Å²) in [5.74, 6) is -0.919. The number of carboxylic acid groups (broad SMARTS) is 1. The molecule has 1 aromatic heterocycles. The van der Waals surface area contributed by atoms with Crippen LogP contribution in [-0.4, -0.2) is 43.1 Å². The number of carbonyl (C=O) groups is 1. The minimum absolute atomic E-state index is 0.201. The van der Waals surface area contributed by atoms with Crippen LogP contribution in [0, 0.1) is 0 Å². The van der Waals surface area contributed by atoms with Crippen LogP contribution < -0.4 is 0 Å². The monoisotopic (exact) mass is 309 g/mol. The summed E-state index contributed by atoms with van der Waals surface area (Å²) in [6.07, 6.45) is 0. The molecular weight excluding hydrogens is 298 g/mol. The summed E-state index contributed by atoms with van der Waals surface area (Å²) in [5, 5.41) is 11.7. The predicted octanol–water partition coefficient (Wildman–Crippen LogP) is 1.21. The van der Waals surface area contributed by atoms with E-state index in [0.717, 1.165) is 0 Å². The van der Waals surface area contributed by atoms with Gasteiger partial charge in [-0.2, -0.15) is 0 Å². The van der Waals surface area contributed by atoms with Crippen molar-refractivity contribution in [2.24, 2.45) is 0 Å². The summed E-state index contributed by atoms with van der Waals surface area (Å²) in [5.41, 5.74) is 0.354. The fourth-order valence-electron chi connectivity index (χ4n) is 1.91. The Balaban J connectivity index is 1.88. The maximum absolute atomic E-state index is 12.2. The highest BCUT2D eigenvalue weighted by Crippen LogP contribution is 2.25. The summed E-state index contributed by atoms with van der Waals surface area (Å²) in [7, 11) is -3.37. The van der Waals surface area contributed by atoms with Crippen LogP contribution >= 0.6 is 0 Å². The average Bonchev–Trinajstić information content (AvgIpc) is 2.86. The minimum atomic E-state index is -3.37. The van der Waals surface area contributed by atoms with Crippen molar-refractivity contribution in [1.82, 2.24) is 5.16 Å². The van der Waals surface area contributed by atoms with Crippen molar-refractivity contribution < 1.29 is 27.6 Å². The van der Waals surface area contributed by atoms with Crippen LogP contribution in [0.3, 0.4) is 0 Å².